The molecule has 0 bridgehead atoms. The minimum atomic E-state index is -0.334. The van der Waals surface area contributed by atoms with Crippen LogP contribution in [0.5, 0.6) is 0 Å². The molecular weight excluding hydrogens is 148 g/mol. The van der Waals surface area contributed by atoms with Gasteiger partial charge in [0.05, 0.1) is 10.3 Å². The summed E-state index contributed by atoms with van der Waals surface area (Å²) < 4.78 is 0. The van der Waals surface area contributed by atoms with E-state index >= 15 is 0 Å². The Kier molecular flexibility index (Phi) is 4.11. The van der Waals surface area contributed by atoms with Gasteiger partial charge in [0.1, 0.15) is 0 Å². The number of nitrogens with two attached hydrogens (primary N) is 1. The van der Waals surface area contributed by atoms with E-state index in [1.165, 1.54) is 11.8 Å². The van der Waals surface area contributed by atoms with E-state index in [0.29, 0.717) is 11.5 Å². The quantitative estimate of drug-likeness (QED) is 0.477. The summed E-state index contributed by atoms with van der Waals surface area (Å²) in [6.45, 7) is 3.53. The first-order valence-electron chi connectivity index (χ1n) is 3.09. The van der Waals surface area contributed by atoms with E-state index in [1.807, 2.05) is 6.92 Å². The second kappa shape index (κ2) is 4.33. The highest BCUT2D eigenvalue weighted by atomic mass is 32.2. The van der Waals surface area contributed by atoms with Gasteiger partial charge in [-0.1, -0.05) is 18.7 Å². The van der Waals surface area contributed by atoms with Crippen molar-refractivity contribution in [2.24, 2.45) is 5.73 Å². The lowest BCUT2D eigenvalue weighted by Gasteiger charge is -2.07. The van der Waals surface area contributed by atoms with Gasteiger partial charge in [0.15, 0.2) is 0 Å². The van der Waals surface area contributed by atoms with Gasteiger partial charge in [-0.15, -0.1) is 0 Å². The standard InChI is InChI=1S/C6H12N2OS/c1-3-5(6(8)9)10-4(2)7/h5,7H,3H2,1-2H3,(H2,8,9). The van der Waals surface area contributed by atoms with E-state index in [2.05, 4.69) is 0 Å². The maximum Gasteiger partial charge on any atom is 0.230 e. The van der Waals surface area contributed by atoms with E-state index in [4.69, 9.17) is 11.1 Å². The zero-order valence-electron chi connectivity index (χ0n) is 6.18. The molecule has 0 rings (SSSR count). The first kappa shape index (κ1) is 9.49. The summed E-state index contributed by atoms with van der Waals surface area (Å²) in [5, 5.41) is 7.29. The van der Waals surface area contributed by atoms with Crippen molar-refractivity contribution >= 4 is 22.7 Å². The maximum atomic E-state index is 10.6. The van der Waals surface area contributed by atoms with Crippen LogP contribution in [0.25, 0.3) is 0 Å². The third-order valence-corrected chi connectivity index (χ3v) is 2.21. The Balaban J connectivity index is 3.83. The third kappa shape index (κ3) is 3.50. The maximum absolute atomic E-state index is 10.6. The number of rotatable bonds is 3. The van der Waals surface area contributed by atoms with Crippen molar-refractivity contribution in [2.45, 2.75) is 25.5 Å². The van der Waals surface area contributed by atoms with Gasteiger partial charge in [-0.05, 0) is 13.3 Å². The molecule has 0 aliphatic heterocycles. The van der Waals surface area contributed by atoms with Crippen molar-refractivity contribution in [3.63, 3.8) is 0 Å². The van der Waals surface area contributed by atoms with Crippen LogP contribution in [0, 0.1) is 5.41 Å². The Bertz CT molecular complexity index is 147. The Hall–Kier alpha value is -0.510. The van der Waals surface area contributed by atoms with Gasteiger partial charge in [0, 0.05) is 0 Å². The molecular formula is C6H12N2OS. The largest absolute Gasteiger partial charge is 0.369 e. The normalized spacial score (nSPS) is 12.6. The average Bonchev–Trinajstić information content (AvgIpc) is 1.81. The molecule has 3 N–H and O–H groups in total. The van der Waals surface area contributed by atoms with Crippen molar-refractivity contribution in [1.29, 1.82) is 5.41 Å². The minimum absolute atomic E-state index is 0.225. The van der Waals surface area contributed by atoms with Crippen LogP contribution >= 0.6 is 11.8 Å². The molecule has 0 fully saturated rings. The summed E-state index contributed by atoms with van der Waals surface area (Å²) in [4.78, 5) is 10.6. The Morgan fingerprint density at radius 3 is 2.40 bits per heavy atom. The molecule has 0 saturated carbocycles. The molecule has 1 unspecified atom stereocenters. The lowest BCUT2D eigenvalue weighted by atomic mass is 10.3. The average molecular weight is 160 g/mol. The number of carbonyl (C=O) groups is 1. The van der Waals surface area contributed by atoms with Gasteiger partial charge < -0.3 is 5.73 Å². The van der Waals surface area contributed by atoms with Gasteiger partial charge in [0.25, 0.3) is 0 Å². The minimum Gasteiger partial charge on any atom is -0.369 e. The van der Waals surface area contributed by atoms with Crippen LogP contribution in [0.2, 0.25) is 0 Å². The van der Waals surface area contributed by atoms with Crippen LogP contribution < -0.4 is 5.73 Å². The molecule has 1 amide bonds. The number of nitrogens with one attached hydrogen (secondary N) is 1. The van der Waals surface area contributed by atoms with Gasteiger partial charge in [-0.25, -0.2) is 0 Å². The molecule has 0 aliphatic rings. The van der Waals surface area contributed by atoms with Gasteiger partial charge in [-0.3, -0.25) is 10.2 Å². The van der Waals surface area contributed by atoms with Crippen LogP contribution in [0.3, 0.4) is 0 Å². The zero-order valence-corrected chi connectivity index (χ0v) is 6.99. The fraction of sp³-hybridized carbons (Fsp3) is 0.667. The fourth-order valence-corrected chi connectivity index (χ4v) is 1.27. The monoisotopic (exact) mass is 160 g/mol. The number of amides is 1. The van der Waals surface area contributed by atoms with Crippen molar-refractivity contribution in [3.05, 3.63) is 0 Å². The van der Waals surface area contributed by atoms with Crippen molar-refractivity contribution in [2.75, 3.05) is 0 Å². The summed E-state index contributed by atoms with van der Waals surface area (Å²) in [5.74, 6) is -0.334. The molecule has 58 valence electrons. The third-order valence-electron chi connectivity index (χ3n) is 1.01. The van der Waals surface area contributed by atoms with E-state index < -0.39 is 0 Å². The summed E-state index contributed by atoms with van der Waals surface area (Å²) in [6, 6.07) is 0. The fourth-order valence-electron chi connectivity index (χ4n) is 0.556. The summed E-state index contributed by atoms with van der Waals surface area (Å²) >= 11 is 1.22. The number of primary amides is 1. The van der Waals surface area contributed by atoms with Crippen LogP contribution in [0.15, 0.2) is 0 Å². The molecule has 0 aromatic heterocycles. The summed E-state index contributed by atoms with van der Waals surface area (Å²) in [5.41, 5.74) is 5.04. The van der Waals surface area contributed by atoms with Gasteiger partial charge in [-0.2, -0.15) is 0 Å². The predicted molar refractivity (Wildman–Crippen MR) is 44.3 cm³/mol. The highest BCUT2D eigenvalue weighted by Crippen LogP contribution is 2.14. The Morgan fingerprint density at radius 2 is 2.30 bits per heavy atom. The molecule has 1 atom stereocenters. The summed E-state index contributed by atoms with van der Waals surface area (Å²) in [6.07, 6.45) is 0.691. The Morgan fingerprint density at radius 1 is 1.80 bits per heavy atom. The van der Waals surface area contributed by atoms with Gasteiger partial charge in [0.2, 0.25) is 5.91 Å². The number of carbonyl (C=O) groups excluding carboxylic acids is 1. The van der Waals surface area contributed by atoms with E-state index in [-0.39, 0.29) is 11.2 Å². The highest BCUT2D eigenvalue weighted by molar-refractivity contribution is 8.14. The molecule has 0 radical (unpaired) electrons. The molecule has 10 heavy (non-hydrogen) atoms. The van der Waals surface area contributed by atoms with Crippen LogP contribution in [0.4, 0.5) is 0 Å². The second-order valence-electron chi connectivity index (χ2n) is 1.97. The first-order valence-corrected chi connectivity index (χ1v) is 3.97. The van der Waals surface area contributed by atoms with Crippen LogP contribution in [0.1, 0.15) is 20.3 Å². The molecule has 3 nitrogen and oxygen atoms in total. The second-order valence-corrected chi connectivity index (χ2v) is 3.39. The smallest absolute Gasteiger partial charge is 0.230 e. The number of thioether (sulfide) groups is 1. The van der Waals surface area contributed by atoms with Crippen molar-refractivity contribution in [1.82, 2.24) is 0 Å². The van der Waals surface area contributed by atoms with E-state index in [9.17, 15) is 4.79 Å². The first-order chi connectivity index (χ1) is 4.57. The lowest BCUT2D eigenvalue weighted by Crippen LogP contribution is -2.25. The van der Waals surface area contributed by atoms with Crippen molar-refractivity contribution < 1.29 is 4.79 Å². The molecule has 0 aliphatic carbocycles. The van der Waals surface area contributed by atoms with Crippen LogP contribution in [-0.2, 0) is 4.79 Å². The van der Waals surface area contributed by atoms with Crippen molar-refractivity contribution in [3.8, 4) is 0 Å². The lowest BCUT2D eigenvalue weighted by molar-refractivity contribution is -0.117. The molecule has 4 heteroatoms. The zero-order chi connectivity index (χ0) is 8.15. The Labute approximate surface area is 64.9 Å². The molecule has 0 spiro atoms. The predicted octanol–water partition coefficient (Wildman–Crippen LogP) is 0.981. The number of hydrogen-bond acceptors (Lipinski definition) is 3. The highest BCUT2D eigenvalue weighted by Gasteiger charge is 2.13. The van der Waals surface area contributed by atoms with E-state index in [0.717, 1.165) is 0 Å². The SMILES string of the molecule is CCC(SC(C)=N)C(N)=O. The van der Waals surface area contributed by atoms with Crippen LogP contribution in [-0.4, -0.2) is 16.2 Å². The molecule has 0 aromatic carbocycles. The van der Waals surface area contributed by atoms with Gasteiger partial charge >= 0.3 is 0 Å². The molecule has 0 aromatic rings. The molecule has 0 saturated heterocycles. The molecule has 0 heterocycles. The topological polar surface area (TPSA) is 66.9 Å². The number of hydrogen-bond donors (Lipinski definition) is 2. The van der Waals surface area contributed by atoms with E-state index in [1.54, 1.807) is 6.92 Å². The summed E-state index contributed by atoms with van der Waals surface area (Å²) in [7, 11) is 0.